The van der Waals surface area contributed by atoms with E-state index in [9.17, 15) is 0 Å². The van der Waals surface area contributed by atoms with Crippen LogP contribution in [0.5, 0.6) is 0 Å². The lowest BCUT2D eigenvalue weighted by Crippen LogP contribution is -2.19. The Morgan fingerprint density at radius 1 is 1.26 bits per heavy atom. The van der Waals surface area contributed by atoms with Gasteiger partial charge < -0.3 is 14.6 Å². The molecule has 0 amide bonds. The molecular formula is C12H16N6O. The van der Waals surface area contributed by atoms with E-state index in [-0.39, 0.29) is 0 Å². The summed E-state index contributed by atoms with van der Waals surface area (Å²) in [7, 11) is 0. The predicted octanol–water partition coefficient (Wildman–Crippen LogP) is 1.38. The molecular weight excluding hydrogens is 244 g/mol. The largest absolute Gasteiger partial charge is 0.424 e. The fraction of sp³-hybridized carbons (Fsp3) is 0.500. The minimum atomic E-state index is 0.470. The summed E-state index contributed by atoms with van der Waals surface area (Å²) in [4.78, 5) is 10.8. The van der Waals surface area contributed by atoms with Gasteiger partial charge in [-0.1, -0.05) is 0 Å². The molecule has 0 aromatic carbocycles. The van der Waals surface area contributed by atoms with Gasteiger partial charge in [-0.05, 0) is 12.8 Å². The maximum atomic E-state index is 5.30. The molecule has 1 fully saturated rings. The number of hydrogen-bond acceptors (Lipinski definition) is 7. The van der Waals surface area contributed by atoms with Crippen LogP contribution in [0, 0.1) is 6.92 Å². The summed E-state index contributed by atoms with van der Waals surface area (Å²) in [6.45, 7) is 4.38. The summed E-state index contributed by atoms with van der Waals surface area (Å²) in [5, 5.41) is 10.9. The fourth-order valence-electron chi connectivity index (χ4n) is 2.14. The van der Waals surface area contributed by atoms with Crippen molar-refractivity contribution >= 4 is 11.6 Å². The fourth-order valence-corrected chi connectivity index (χ4v) is 2.14. The van der Waals surface area contributed by atoms with Gasteiger partial charge in [-0.15, -0.1) is 10.2 Å². The van der Waals surface area contributed by atoms with Crippen molar-refractivity contribution < 1.29 is 4.42 Å². The van der Waals surface area contributed by atoms with E-state index in [1.54, 1.807) is 13.3 Å². The second-order valence-electron chi connectivity index (χ2n) is 4.52. The Labute approximate surface area is 111 Å². The van der Waals surface area contributed by atoms with Gasteiger partial charge >= 0.3 is 0 Å². The van der Waals surface area contributed by atoms with E-state index in [1.807, 2.05) is 6.07 Å². The first-order valence-electron chi connectivity index (χ1n) is 6.41. The van der Waals surface area contributed by atoms with Gasteiger partial charge in [0.15, 0.2) is 0 Å². The number of aromatic nitrogens is 4. The SMILES string of the molecule is Cc1nnc(CNc2cc(N3CCCC3)ncn2)o1. The van der Waals surface area contributed by atoms with Crippen LogP contribution in [0.15, 0.2) is 16.8 Å². The van der Waals surface area contributed by atoms with Crippen LogP contribution >= 0.6 is 0 Å². The average Bonchev–Trinajstić information content (AvgIpc) is 3.08. The number of nitrogens with one attached hydrogen (secondary N) is 1. The van der Waals surface area contributed by atoms with Gasteiger partial charge in [0.25, 0.3) is 0 Å². The number of anilines is 2. The smallest absolute Gasteiger partial charge is 0.235 e. The zero-order valence-electron chi connectivity index (χ0n) is 10.8. The highest BCUT2D eigenvalue weighted by Gasteiger charge is 2.14. The van der Waals surface area contributed by atoms with Gasteiger partial charge in [0.2, 0.25) is 11.8 Å². The number of rotatable bonds is 4. The van der Waals surface area contributed by atoms with Crippen molar-refractivity contribution in [1.82, 2.24) is 20.2 Å². The first kappa shape index (κ1) is 11.9. The first-order valence-corrected chi connectivity index (χ1v) is 6.41. The summed E-state index contributed by atoms with van der Waals surface area (Å²) in [6.07, 6.45) is 4.04. The van der Waals surface area contributed by atoms with E-state index < -0.39 is 0 Å². The molecule has 100 valence electrons. The molecule has 0 unspecified atom stereocenters. The quantitative estimate of drug-likeness (QED) is 0.889. The summed E-state index contributed by atoms with van der Waals surface area (Å²) in [5.74, 6) is 2.86. The van der Waals surface area contributed by atoms with Gasteiger partial charge in [0, 0.05) is 26.1 Å². The highest BCUT2D eigenvalue weighted by molar-refractivity contribution is 5.48. The second kappa shape index (κ2) is 5.21. The molecule has 2 aromatic rings. The van der Waals surface area contributed by atoms with E-state index in [1.165, 1.54) is 12.8 Å². The lowest BCUT2D eigenvalue weighted by Gasteiger charge is -2.16. The van der Waals surface area contributed by atoms with E-state index in [2.05, 4.69) is 30.4 Å². The molecule has 1 saturated heterocycles. The predicted molar refractivity (Wildman–Crippen MR) is 69.8 cm³/mol. The standard InChI is InChI=1S/C12H16N6O/c1-9-16-17-12(19-9)7-13-10-6-11(15-8-14-10)18-4-2-3-5-18/h6,8H,2-5,7H2,1H3,(H,13,14,15). The zero-order valence-corrected chi connectivity index (χ0v) is 10.8. The van der Waals surface area contributed by atoms with Crippen LogP contribution in [-0.2, 0) is 6.54 Å². The van der Waals surface area contributed by atoms with Gasteiger partial charge in [0.1, 0.15) is 18.0 Å². The number of hydrogen-bond donors (Lipinski definition) is 1. The third-order valence-electron chi connectivity index (χ3n) is 3.07. The highest BCUT2D eigenvalue weighted by Crippen LogP contribution is 2.19. The minimum absolute atomic E-state index is 0.470. The molecule has 1 aliphatic rings. The van der Waals surface area contributed by atoms with Crippen molar-refractivity contribution in [2.24, 2.45) is 0 Å². The zero-order chi connectivity index (χ0) is 13.1. The third kappa shape index (κ3) is 2.81. The lowest BCUT2D eigenvalue weighted by molar-refractivity contribution is 0.474. The third-order valence-corrected chi connectivity index (χ3v) is 3.07. The van der Waals surface area contributed by atoms with Crippen molar-refractivity contribution in [3.63, 3.8) is 0 Å². The van der Waals surface area contributed by atoms with E-state index in [0.29, 0.717) is 18.3 Å². The highest BCUT2D eigenvalue weighted by atomic mass is 16.4. The molecule has 0 spiro atoms. The molecule has 0 bridgehead atoms. The normalized spacial score (nSPS) is 14.9. The van der Waals surface area contributed by atoms with Gasteiger partial charge in [-0.3, -0.25) is 0 Å². The molecule has 7 heteroatoms. The van der Waals surface area contributed by atoms with Crippen LogP contribution in [0.4, 0.5) is 11.6 Å². The molecule has 1 N–H and O–H groups in total. The van der Waals surface area contributed by atoms with E-state index in [4.69, 9.17) is 4.42 Å². The van der Waals surface area contributed by atoms with Crippen molar-refractivity contribution in [3.8, 4) is 0 Å². The van der Waals surface area contributed by atoms with Crippen molar-refractivity contribution in [3.05, 3.63) is 24.2 Å². The Kier molecular flexibility index (Phi) is 3.26. The Morgan fingerprint density at radius 2 is 2.11 bits per heavy atom. The maximum absolute atomic E-state index is 5.30. The Hall–Kier alpha value is -2.18. The van der Waals surface area contributed by atoms with Gasteiger partial charge in [0.05, 0.1) is 6.54 Å². The van der Waals surface area contributed by atoms with Crippen molar-refractivity contribution in [2.75, 3.05) is 23.3 Å². The average molecular weight is 260 g/mol. The maximum Gasteiger partial charge on any atom is 0.235 e. The lowest BCUT2D eigenvalue weighted by atomic mass is 10.4. The molecule has 7 nitrogen and oxygen atoms in total. The van der Waals surface area contributed by atoms with Crippen LogP contribution in [0.25, 0.3) is 0 Å². The van der Waals surface area contributed by atoms with Crippen molar-refractivity contribution in [1.29, 1.82) is 0 Å². The van der Waals surface area contributed by atoms with E-state index in [0.717, 1.165) is 24.7 Å². The van der Waals surface area contributed by atoms with Crippen LogP contribution in [-0.4, -0.2) is 33.3 Å². The number of nitrogens with zero attached hydrogens (tertiary/aromatic N) is 5. The van der Waals surface area contributed by atoms with Crippen molar-refractivity contribution in [2.45, 2.75) is 26.3 Å². The molecule has 0 saturated carbocycles. The summed E-state index contributed by atoms with van der Waals surface area (Å²) in [5.41, 5.74) is 0. The topological polar surface area (TPSA) is 80.0 Å². The van der Waals surface area contributed by atoms with E-state index >= 15 is 0 Å². The monoisotopic (exact) mass is 260 g/mol. The molecule has 19 heavy (non-hydrogen) atoms. The summed E-state index contributed by atoms with van der Waals surface area (Å²) in [6, 6.07) is 1.95. The molecule has 0 aliphatic carbocycles. The van der Waals surface area contributed by atoms with Crippen LogP contribution in [0.2, 0.25) is 0 Å². The first-order chi connectivity index (χ1) is 9.31. The summed E-state index contributed by atoms with van der Waals surface area (Å²) >= 11 is 0. The number of aryl methyl sites for hydroxylation is 1. The molecule has 0 radical (unpaired) electrons. The Morgan fingerprint density at radius 3 is 2.84 bits per heavy atom. The Bertz CT molecular complexity index is 549. The van der Waals surface area contributed by atoms with Gasteiger partial charge in [-0.2, -0.15) is 0 Å². The molecule has 3 heterocycles. The molecule has 3 rings (SSSR count). The molecule has 2 aromatic heterocycles. The second-order valence-corrected chi connectivity index (χ2v) is 4.52. The van der Waals surface area contributed by atoms with Crippen LogP contribution in [0.1, 0.15) is 24.6 Å². The van der Waals surface area contributed by atoms with Crippen LogP contribution in [0.3, 0.4) is 0 Å². The van der Waals surface area contributed by atoms with Gasteiger partial charge in [-0.25, -0.2) is 9.97 Å². The molecule has 1 aliphatic heterocycles. The van der Waals surface area contributed by atoms with Crippen LogP contribution < -0.4 is 10.2 Å². The summed E-state index contributed by atoms with van der Waals surface area (Å²) < 4.78 is 5.30. The minimum Gasteiger partial charge on any atom is -0.424 e. The molecule has 0 atom stereocenters. The Balaban J connectivity index is 1.65.